The minimum Gasteiger partial charge on any atom is -0.330 e. The molecule has 1 aromatic heterocycles. The minimum absolute atomic E-state index is 0.0898. The molecule has 2 rings (SSSR count). The Balaban J connectivity index is 2.33. The zero-order chi connectivity index (χ0) is 11.3. The largest absolute Gasteiger partial charge is 0.330 e. The van der Waals surface area contributed by atoms with E-state index in [1.165, 1.54) is 4.88 Å². The van der Waals surface area contributed by atoms with Crippen molar-refractivity contribution in [3.8, 4) is 0 Å². The average molecular weight is 231 g/mol. The number of aryl methyl sites for hydroxylation is 2. The van der Waals surface area contributed by atoms with Crippen molar-refractivity contribution in [2.24, 2.45) is 5.73 Å². The van der Waals surface area contributed by atoms with Crippen LogP contribution >= 0.6 is 11.3 Å². The van der Waals surface area contributed by atoms with Gasteiger partial charge in [-0.1, -0.05) is 0 Å². The van der Waals surface area contributed by atoms with Crippen LogP contribution in [0.15, 0.2) is 6.07 Å². The smallest absolute Gasteiger partial charge is 0.250 e. The lowest BCUT2D eigenvalue weighted by atomic mass is 9.62. The highest BCUT2D eigenvalue weighted by atomic mass is 32.1. The summed E-state index contributed by atoms with van der Waals surface area (Å²) in [6, 6.07) is 2.02. The maximum absolute atomic E-state index is 13.0. The summed E-state index contributed by atoms with van der Waals surface area (Å²) in [5, 5.41) is 0. The third-order valence-corrected chi connectivity index (χ3v) is 4.16. The lowest BCUT2D eigenvalue weighted by molar-refractivity contribution is -0.123. The molecule has 1 nitrogen and oxygen atoms in total. The Hall–Kier alpha value is -0.480. The summed E-state index contributed by atoms with van der Waals surface area (Å²) in [6.07, 6.45) is -0.180. The highest BCUT2D eigenvalue weighted by Gasteiger charge is 2.57. The molecule has 1 saturated carbocycles. The fourth-order valence-corrected chi connectivity index (χ4v) is 3.59. The first kappa shape index (κ1) is 11.0. The third kappa shape index (κ3) is 1.70. The van der Waals surface area contributed by atoms with Crippen molar-refractivity contribution in [3.05, 3.63) is 21.4 Å². The number of halogens is 2. The molecule has 84 valence electrons. The molecule has 0 amide bonds. The standard InChI is InChI=1S/C11H15F2NS/c1-7-3-9(8(2)15-7)10(6-14)4-11(12,13)5-10/h3H,4-6,14H2,1-2H3. The topological polar surface area (TPSA) is 26.0 Å². The van der Waals surface area contributed by atoms with E-state index in [0.29, 0.717) is 6.54 Å². The van der Waals surface area contributed by atoms with Gasteiger partial charge in [0.15, 0.2) is 0 Å². The summed E-state index contributed by atoms with van der Waals surface area (Å²) in [4.78, 5) is 2.30. The Bertz CT molecular complexity index is 376. The van der Waals surface area contributed by atoms with E-state index in [1.54, 1.807) is 11.3 Å². The van der Waals surface area contributed by atoms with Gasteiger partial charge in [-0.05, 0) is 25.5 Å². The molecule has 0 bridgehead atoms. The number of rotatable bonds is 2. The van der Waals surface area contributed by atoms with Gasteiger partial charge in [0.1, 0.15) is 0 Å². The Morgan fingerprint density at radius 3 is 2.33 bits per heavy atom. The number of thiophene rings is 1. The lowest BCUT2D eigenvalue weighted by Gasteiger charge is -2.47. The molecule has 0 radical (unpaired) electrons. The Morgan fingerprint density at radius 2 is 2.00 bits per heavy atom. The molecular weight excluding hydrogens is 216 g/mol. The summed E-state index contributed by atoms with van der Waals surface area (Å²) in [6.45, 7) is 4.31. The van der Waals surface area contributed by atoms with Crippen molar-refractivity contribution >= 4 is 11.3 Å². The molecule has 4 heteroatoms. The fourth-order valence-electron chi connectivity index (χ4n) is 2.54. The molecule has 0 unspecified atom stereocenters. The van der Waals surface area contributed by atoms with E-state index in [-0.39, 0.29) is 12.8 Å². The van der Waals surface area contributed by atoms with Gasteiger partial charge in [0.2, 0.25) is 5.92 Å². The third-order valence-electron chi connectivity index (χ3n) is 3.20. The van der Waals surface area contributed by atoms with Crippen LogP contribution in [-0.4, -0.2) is 12.5 Å². The minimum atomic E-state index is -2.51. The molecule has 15 heavy (non-hydrogen) atoms. The van der Waals surface area contributed by atoms with E-state index in [0.717, 1.165) is 10.4 Å². The molecule has 1 aliphatic carbocycles. The van der Waals surface area contributed by atoms with Crippen LogP contribution in [0.3, 0.4) is 0 Å². The summed E-state index contributed by atoms with van der Waals surface area (Å²) in [5.74, 6) is -2.51. The van der Waals surface area contributed by atoms with Crippen LogP contribution < -0.4 is 5.73 Å². The normalized spacial score (nSPS) is 22.5. The molecule has 0 aliphatic heterocycles. The van der Waals surface area contributed by atoms with Crippen molar-refractivity contribution in [1.82, 2.24) is 0 Å². The first-order valence-corrected chi connectivity index (χ1v) is 5.86. The Kier molecular flexibility index (Phi) is 2.39. The van der Waals surface area contributed by atoms with Gasteiger partial charge in [-0.3, -0.25) is 0 Å². The van der Waals surface area contributed by atoms with Crippen molar-refractivity contribution in [3.63, 3.8) is 0 Å². The molecule has 0 atom stereocenters. The summed E-state index contributed by atoms with van der Waals surface area (Å²) >= 11 is 1.66. The Morgan fingerprint density at radius 1 is 1.40 bits per heavy atom. The molecule has 1 fully saturated rings. The van der Waals surface area contributed by atoms with Crippen LogP contribution in [0.2, 0.25) is 0 Å². The maximum Gasteiger partial charge on any atom is 0.250 e. The van der Waals surface area contributed by atoms with E-state index in [4.69, 9.17) is 5.73 Å². The quantitative estimate of drug-likeness (QED) is 0.832. The number of alkyl halides is 2. The van der Waals surface area contributed by atoms with Gasteiger partial charge in [-0.15, -0.1) is 11.3 Å². The second kappa shape index (κ2) is 3.25. The molecule has 0 aromatic carbocycles. The average Bonchev–Trinajstić information content (AvgIpc) is 2.40. The monoisotopic (exact) mass is 231 g/mol. The van der Waals surface area contributed by atoms with Gasteiger partial charge in [-0.25, -0.2) is 8.78 Å². The molecule has 0 spiro atoms. The van der Waals surface area contributed by atoms with Crippen LogP contribution in [-0.2, 0) is 5.41 Å². The first-order valence-electron chi connectivity index (χ1n) is 5.04. The molecule has 1 heterocycles. The molecule has 2 N–H and O–H groups in total. The molecule has 1 aliphatic rings. The van der Waals surface area contributed by atoms with Crippen LogP contribution in [0, 0.1) is 13.8 Å². The molecule has 1 aromatic rings. The van der Waals surface area contributed by atoms with E-state index in [2.05, 4.69) is 0 Å². The number of hydrogen-bond acceptors (Lipinski definition) is 2. The van der Waals surface area contributed by atoms with E-state index in [1.807, 2.05) is 19.9 Å². The maximum atomic E-state index is 13.0. The van der Waals surface area contributed by atoms with Crippen LogP contribution in [0.4, 0.5) is 8.78 Å². The van der Waals surface area contributed by atoms with Crippen LogP contribution in [0.1, 0.15) is 28.2 Å². The van der Waals surface area contributed by atoms with Gasteiger partial charge < -0.3 is 5.73 Å². The van der Waals surface area contributed by atoms with E-state index < -0.39 is 11.3 Å². The van der Waals surface area contributed by atoms with Crippen molar-refractivity contribution in [1.29, 1.82) is 0 Å². The Labute approximate surface area is 92.3 Å². The van der Waals surface area contributed by atoms with Gasteiger partial charge in [0.25, 0.3) is 0 Å². The number of nitrogens with two attached hydrogens (primary N) is 1. The zero-order valence-corrected chi connectivity index (χ0v) is 9.76. The van der Waals surface area contributed by atoms with Crippen LogP contribution in [0.5, 0.6) is 0 Å². The van der Waals surface area contributed by atoms with Crippen molar-refractivity contribution in [2.75, 3.05) is 6.54 Å². The van der Waals surface area contributed by atoms with Gasteiger partial charge >= 0.3 is 0 Å². The van der Waals surface area contributed by atoms with E-state index in [9.17, 15) is 8.78 Å². The first-order chi connectivity index (χ1) is 6.88. The summed E-state index contributed by atoms with van der Waals surface area (Å²) < 4.78 is 26.0. The molecular formula is C11H15F2NS. The van der Waals surface area contributed by atoms with Crippen LogP contribution in [0.25, 0.3) is 0 Å². The second-order valence-electron chi connectivity index (χ2n) is 4.52. The molecule has 0 saturated heterocycles. The highest BCUT2D eigenvalue weighted by Crippen LogP contribution is 2.54. The SMILES string of the molecule is Cc1cc(C2(CN)CC(F)(F)C2)c(C)s1. The highest BCUT2D eigenvalue weighted by molar-refractivity contribution is 7.12. The lowest BCUT2D eigenvalue weighted by Crippen LogP contribution is -2.53. The van der Waals surface area contributed by atoms with Crippen molar-refractivity contribution < 1.29 is 8.78 Å². The van der Waals surface area contributed by atoms with Gasteiger partial charge in [0.05, 0.1) is 0 Å². The van der Waals surface area contributed by atoms with Gasteiger partial charge in [-0.2, -0.15) is 0 Å². The second-order valence-corrected chi connectivity index (χ2v) is 5.98. The predicted octanol–water partition coefficient (Wildman–Crippen LogP) is 2.99. The van der Waals surface area contributed by atoms with E-state index >= 15 is 0 Å². The number of hydrogen-bond donors (Lipinski definition) is 1. The van der Waals surface area contributed by atoms with Gasteiger partial charge in [0, 0.05) is 34.6 Å². The van der Waals surface area contributed by atoms with Crippen molar-refractivity contribution in [2.45, 2.75) is 38.0 Å². The summed E-state index contributed by atoms with van der Waals surface area (Å²) in [5.41, 5.74) is 6.25. The summed E-state index contributed by atoms with van der Waals surface area (Å²) in [7, 11) is 0. The predicted molar refractivity (Wildman–Crippen MR) is 58.7 cm³/mol. The fraction of sp³-hybridized carbons (Fsp3) is 0.636. The zero-order valence-electron chi connectivity index (χ0n) is 8.94.